The van der Waals surface area contributed by atoms with Crippen molar-refractivity contribution in [3.05, 3.63) is 0 Å². The second-order valence-corrected chi connectivity index (χ2v) is 7.78. The van der Waals surface area contributed by atoms with E-state index in [-0.39, 0.29) is 0 Å². The average molecular weight is 342 g/mol. The van der Waals surface area contributed by atoms with E-state index in [0.29, 0.717) is 6.10 Å². The predicted molar refractivity (Wildman–Crippen MR) is 104 cm³/mol. The van der Waals surface area contributed by atoms with E-state index in [4.69, 9.17) is 9.47 Å². The molecule has 1 fully saturated rings. The fraction of sp³-hybridized carbons (Fsp3) is 1.00. The minimum atomic E-state index is 0.424. The minimum absolute atomic E-state index is 0.424. The molecule has 24 heavy (non-hydrogen) atoms. The van der Waals surface area contributed by atoms with Gasteiger partial charge in [-0.3, -0.25) is 0 Å². The van der Waals surface area contributed by atoms with Gasteiger partial charge in [0.2, 0.25) is 0 Å². The smallest absolute Gasteiger partial charge is 0.104 e. The Hall–Kier alpha value is -0.120. The number of nitrogens with zero attached hydrogens (tertiary/aromatic N) is 1. The Morgan fingerprint density at radius 3 is 1.54 bits per heavy atom. The van der Waals surface area contributed by atoms with Gasteiger partial charge in [0.25, 0.3) is 0 Å². The van der Waals surface area contributed by atoms with Crippen LogP contribution in [0.5, 0.6) is 0 Å². The van der Waals surface area contributed by atoms with Crippen LogP contribution in [0.1, 0.15) is 89.9 Å². The Kier molecular flexibility index (Phi) is 14.9. The summed E-state index contributed by atoms with van der Waals surface area (Å²) in [6.45, 7) is 3.91. The van der Waals surface area contributed by atoms with Crippen LogP contribution in [0.2, 0.25) is 0 Å². The molecule has 1 aliphatic heterocycles. The van der Waals surface area contributed by atoms with Crippen molar-refractivity contribution < 1.29 is 9.47 Å². The molecule has 1 heterocycles. The lowest BCUT2D eigenvalue weighted by molar-refractivity contribution is 0.113. The van der Waals surface area contributed by atoms with Gasteiger partial charge >= 0.3 is 0 Å². The second kappa shape index (κ2) is 16.4. The highest BCUT2D eigenvalue weighted by Gasteiger charge is 2.21. The average Bonchev–Trinajstić information content (AvgIpc) is 3.37. The van der Waals surface area contributed by atoms with Gasteiger partial charge in [0.05, 0.1) is 13.2 Å². The van der Waals surface area contributed by atoms with Crippen molar-refractivity contribution in [3.63, 3.8) is 0 Å². The topological polar surface area (TPSA) is 25.0 Å². The van der Waals surface area contributed by atoms with Crippen molar-refractivity contribution in [2.75, 3.05) is 40.5 Å². The van der Waals surface area contributed by atoms with Crippen LogP contribution in [0.4, 0.5) is 0 Å². The lowest BCUT2D eigenvalue weighted by Gasteiger charge is -2.08. The van der Waals surface area contributed by atoms with E-state index in [0.717, 1.165) is 19.8 Å². The molecule has 1 aliphatic rings. The third kappa shape index (κ3) is 16.7. The molecular formula is C21H43NO2. The largest absolute Gasteiger partial charge is 0.379 e. The Balaban J connectivity index is 1.60. The molecule has 1 atom stereocenters. The Morgan fingerprint density at radius 2 is 1.12 bits per heavy atom. The number of hydrogen-bond acceptors (Lipinski definition) is 3. The summed E-state index contributed by atoms with van der Waals surface area (Å²) in [5.41, 5.74) is 0. The second-order valence-electron chi connectivity index (χ2n) is 7.78. The van der Waals surface area contributed by atoms with E-state index in [1.165, 1.54) is 96.4 Å². The third-order valence-electron chi connectivity index (χ3n) is 4.85. The zero-order valence-electron chi connectivity index (χ0n) is 16.6. The van der Waals surface area contributed by atoms with Crippen molar-refractivity contribution in [2.24, 2.45) is 0 Å². The fourth-order valence-electron chi connectivity index (χ4n) is 3.13. The van der Waals surface area contributed by atoms with Crippen molar-refractivity contribution in [3.8, 4) is 0 Å². The first-order valence-electron chi connectivity index (χ1n) is 10.6. The SMILES string of the molecule is CN(C)CCCCCCCCCCCCCCCCOCC1CO1. The lowest BCUT2D eigenvalue weighted by Crippen LogP contribution is -2.12. The van der Waals surface area contributed by atoms with E-state index >= 15 is 0 Å². The van der Waals surface area contributed by atoms with E-state index in [1.807, 2.05) is 0 Å². The Bertz CT molecular complexity index is 236. The summed E-state index contributed by atoms with van der Waals surface area (Å²) in [7, 11) is 4.33. The van der Waals surface area contributed by atoms with Crippen LogP contribution in [-0.4, -0.2) is 51.5 Å². The zero-order valence-corrected chi connectivity index (χ0v) is 16.6. The van der Waals surface area contributed by atoms with Gasteiger partial charge in [-0.2, -0.15) is 0 Å². The van der Waals surface area contributed by atoms with Gasteiger partial charge in [0.1, 0.15) is 6.10 Å². The monoisotopic (exact) mass is 341 g/mol. The maximum atomic E-state index is 5.55. The van der Waals surface area contributed by atoms with Gasteiger partial charge < -0.3 is 14.4 Å². The van der Waals surface area contributed by atoms with Crippen molar-refractivity contribution in [1.82, 2.24) is 4.90 Å². The standard InChI is InChI=1S/C21H43NO2/c1-22(2)17-15-13-11-9-7-5-3-4-6-8-10-12-14-16-18-23-19-21-20-24-21/h21H,3-20H2,1-2H3. The zero-order chi connectivity index (χ0) is 17.3. The van der Waals surface area contributed by atoms with Crippen molar-refractivity contribution in [1.29, 1.82) is 0 Å². The van der Waals surface area contributed by atoms with Crippen LogP contribution in [0.3, 0.4) is 0 Å². The normalized spacial score (nSPS) is 16.9. The van der Waals surface area contributed by atoms with Crippen molar-refractivity contribution >= 4 is 0 Å². The molecule has 3 nitrogen and oxygen atoms in total. The molecule has 0 N–H and O–H groups in total. The van der Waals surface area contributed by atoms with Crippen LogP contribution in [0.15, 0.2) is 0 Å². The first-order valence-corrected chi connectivity index (χ1v) is 10.6. The molecule has 0 radical (unpaired) electrons. The molecule has 0 aromatic carbocycles. The molecule has 0 aromatic rings. The van der Waals surface area contributed by atoms with Crippen LogP contribution in [-0.2, 0) is 9.47 Å². The highest BCUT2D eigenvalue weighted by Crippen LogP contribution is 2.13. The van der Waals surface area contributed by atoms with Crippen LogP contribution in [0, 0.1) is 0 Å². The van der Waals surface area contributed by atoms with Crippen LogP contribution < -0.4 is 0 Å². The summed E-state index contributed by atoms with van der Waals surface area (Å²) in [5.74, 6) is 0. The predicted octanol–water partition coefficient (Wildman–Crippen LogP) is 5.42. The Morgan fingerprint density at radius 1 is 0.708 bits per heavy atom. The molecule has 0 aliphatic carbocycles. The summed E-state index contributed by atoms with van der Waals surface area (Å²) in [6.07, 6.45) is 20.1. The minimum Gasteiger partial charge on any atom is -0.379 e. The molecule has 144 valence electrons. The number of hydrogen-bond donors (Lipinski definition) is 0. The Labute approximate surface area is 151 Å². The van der Waals surface area contributed by atoms with E-state index < -0.39 is 0 Å². The molecule has 0 bridgehead atoms. The molecule has 0 saturated carbocycles. The summed E-state index contributed by atoms with van der Waals surface area (Å²) in [5, 5.41) is 0. The molecule has 1 unspecified atom stereocenters. The number of unbranched alkanes of at least 4 members (excludes halogenated alkanes) is 13. The van der Waals surface area contributed by atoms with E-state index in [1.54, 1.807) is 0 Å². The molecule has 0 aromatic heterocycles. The molecule has 1 saturated heterocycles. The molecule has 0 spiro atoms. The molecule has 3 heteroatoms. The summed E-state index contributed by atoms with van der Waals surface area (Å²) in [6, 6.07) is 0. The van der Waals surface area contributed by atoms with Crippen molar-refractivity contribution in [2.45, 2.75) is 96.0 Å². The molecule has 0 amide bonds. The fourth-order valence-corrected chi connectivity index (χ4v) is 3.13. The maximum absolute atomic E-state index is 5.55. The maximum Gasteiger partial charge on any atom is 0.104 e. The van der Waals surface area contributed by atoms with Crippen LogP contribution in [0.25, 0.3) is 0 Å². The summed E-state index contributed by atoms with van der Waals surface area (Å²) in [4.78, 5) is 2.29. The highest BCUT2D eigenvalue weighted by molar-refractivity contribution is 4.67. The third-order valence-corrected chi connectivity index (χ3v) is 4.85. The van der Waals surface area contributed by atoms with Gasteiger partial charge in [-0.15, -0.1) is 0 Å². The lowest BCUT2D eigenvalue weighted by atomic mass is 10.0. The van der Waals surface area contributed by atoms with Gasteiger partial charge in [-0.05, 0) is 33.5 Å². The summed E-state index contributed by atoms with van der Waals surface area (Å²) < 4.78 is 10.7. The van der Waals surface area contributed by atoms with E-state index in [9.17, 15) is 0 Å². The van der Waals surface area contributed by atoms with Gasteiger partial charge in [-0.1, -0.05) is 77.0 Å². The number of epoxide rings is 1. The quantitative estimate of drug-likeness (QED) is 0.231. The number of ether oxygens (including phenoxy) is 2. The first kappa shape index (κ1) is 21.9. The van der Waals surface area contributed by atoms with Gasteiger partial charge in [-0.25, -0.2) is 0 Å². The van der Waals surface area contributed by atoms with Crippen LogP contribution >= 0.6 is 0 Å². The van der Waals surface area contributed by atoms with Gasteiger partial charge in [0.15, 0.2) is 0 Å². The first-order chi connectivity index (χ1) is 11.8. The molecule has 1 rings (SSSR count). The highest BCUT2D eigenvalue weighted by atomic mass is 16.6. The molecular weight excluding hydrogens is 298 g/mol. The van der Waals surface area contributed by atoms with Gasteiger partial charge in [0, 0.05) is 6.61 Å². The summed E-state index contributed by atoms with van der Waals surface area (Å²) >= 11 is 0. The number of rotatable bonds is 19. The van der Waals surface area contributed by atoms with E-state index in [2.05, 4.69) is 19.0 Å².